The largest absolute Gasteiger partial charge is 0.478 e. The molecule has 0 aliphatic heterocycles. The summed E-state index contributed by atoms with van der Waals surface area (Å²) in [7, 11) is 0. The summed E-state index contributed by atoms with van der Waals surface area (Å²) >= 11 is 0. The molecule has 2 nitrogen and oxygen atoms in total. The Morgan fingerprint density at radius 2 is 1.67 bits per heavy atom. The molecule has 0 saturated heterocycles. The Morgan fingerprint density at radius 1 is 1.06 bits per heavy atom. The van der Waals surface area contributed by atoms with E-state index in [9.17, 15) is 13.6 Å². The summed E-state index contributed by atoms with van der Waals surface area (Å²) < 4.78 is 26.3. The van der Waals surface area contributed by atoms with Gasteiger partial charge in [-0.15, -0.1) is 0 Å². The molecule has 0 aromatic heterocycles. The van der Waals surface area contributed by atoms with E-state index in [1.165, 1.54) is 6.07 Å². The Bertz CT molecular complexity index is 601. The Balaban J connectivity index is 2.68. The molecule has 0 radical (unpaired) electrons. The van der Waals surface area contributed by atoms with Crippen molar-refractivity contribution in [3.63, 3.8) is 0 Å². The molecule has 0 atom stereocenters. The van der Waals surface area contributed by atoms with Crippen LogP contribution in [0, 0.1) is 18.6 Å². The number of hydrogen-bond donors (Lipinski definition) is 1. The fourth-order valence-electron chi connectivity index (χ4n) is 1.79. The fourth-order valence-corrected chi connectivity index (χ4v) is 1.79. The third-order valence-corrected chi connectivity index (χ3v) is 2.58. The zero-order valence-electron chi connectivity index (χ0n) is 9.58. The van der Waals surface area contributed by atoms with Gasteiger partial charge < -0.3 is 5.11 Å². The van der Waals surface area contributed by atoms with Gasteiger partial charge >= 0.3 is 5.97 Å². The van der Waals surface area contributed by atoms with Gasteiger partial charge in [0.1, 0.15) is 11.6 Å². The van der Waals surface area contributed by atoms with Gasteiger partial charge in [-0.2, -0.15) is 0 Å². The first kappa shape index (κ1) is 12.2. The number of rotatable bonds is 2. The second-order valence-electron chi connectivity index (χ2n) is 4.01. The Kier molecular flexibility index (Phi) is 3.10. The number of benzene rings is 2. The average Bonchev–Trinajstić information content (AvgIpc) is 2.27. The SMILES string of the molecule is Cc1ccc(C(=O)O)c(-c2cc(F)cc(F)c2)c1. The van der Waals surface area contributed by atoms with Gasteiger partial charge in [-0.25, -0.2) is 13.6 Å². The van der Waals surface area contributed by atoms with E-state index in [2.05, 4.69) is 0 Å². The molecule has 0 bridgehead atoms. The third-order valence-electron chi connectivity index (χ3n) is 2.58. The Labute approximate surface area is 103 Å². The van der Waals surface area contributed by atoms with E-state index in [1.54, 1.807) is 19.1 Å². The average molecular weight is 248 g/mol. The van der Waals surface area contributed by atoms with Crippen LogP contribution in [0.25, 0.3) is 11.1 Å². The summed E-state index contributed by atoms with van der Waals surface area (Å²) in [5, 5.41) is 9.07. The van der Waals surface area contributed by atoms with E-state index in [0.29, 0.717) is 5.56 Å². The zero-order valence-corrected chi connectivity index (χ0v) is 9.58. The first-order chi connectivity index (χ1) is 8.47. The predicted octanol–water partition coefficient (Wildman–Crippen LogP) is 3.64. The van der Waals surface area contributed by atoms with E-state index < -0.39 is 17.6 Å². The van der Waals surface area contributed by atoms with Gasteiger partial charge in [-0.3, -0.25) is 0 Å². The van der Waals surface area contributed by atoms with Crippen LogP contribution in [0.4, 0.5) is 8.78 Å². The quantitative estimate of drug-likeness (QED) is 0.880. The molecular weight excluding hydrogens is 238 g/mol. The van der Waals surface area contributed by atoms with Crippen molar-refractivity contribution in [2.45, 2.75) is 6.92 Å². The van der Waals surface area contributed by atoms with Crippen LogP contribution in [-0.2, 0) is 0 Å². The highest BCUT2D eigenvalue weighted by molar-refractivity contribution is 5.96. The maximum absolute atomic E-state index is 13.2. The van der Waals surface area contributed by atoms with Gasteiger partial charge in [0.15, 0.2) is 0 Å². The summed E-state index contributed by atoms with van der Waals surface area (Å²) in [6.45, 7) is 1.78. The minimum absolute atomic E-state index is 0.0191. The molecular formula is C14H10F2O2. The molecule has 2 aromatic carbocycles. The van der Waals surface area contributed by atoms with E-state index in [4.69, 9.17) is 5.11 Å². The van der Waals surface area contributed by atoms with Crippen LogP contribution in [0.2, 0.25) is 0 Å². The zero-order chi connectivity index (χ0) is 13.3. The number of halogens is 2. The standard InChI is InChI=1S/C14H10F2O2/c1-8-2-3-12(14(17)18)13(4-8)9-5-10(15)7-11(16)6-9/h2-7H,1H3,(H,17,18). The van der Waals surface area contributed by atoms with Crippen molar-refractivity contribution < 1.29 is 18.7 Å². The van der Waals surface area contributed by atoms with E-state index in [1.807, 2.05) is 0 Å². The molecule has 0 amide bonds. The Hall–Kier alpha value is -2.23. The van der Waals surface area contributed by atoms with E-state index in [-0.39, 0.29) is 11.1 Å². The van der Waals surface area contributed by atoms with Crippen LogP contribution in [0.3, 0.4) is 0 Å². The molecule has 0 spiro atoms. The first-order valence-corrected chi connectivity index (χ1v) is 5.28. The maximum atomic E-state index is 13.2. The summed E-state index contributed by atoms with van der Waals surface area (Å²) in [5.41, 5.74) is 1.36. The van der Waals surface area contributed by atoms with Gasteiger partial charge in [0.25, 0.3) is 0 Å². The van der Waals surface area contributed by atoms with Gasteiger partial charge in [0.05, 0.1) is 5.56 Å². The molecule has 0 aliphatic rings. The van der Waals surface area contributed by atoms with E-state index >= 15 is 0 Å². The summed E-state index contributed by atoms with van der Waals surface area (Å²) in [6, 6.07) is 7.64. The van der Waals surface area contributed by atoms with Gasteiger partial charge in [0, 0.05) is 6.07 Å². The van der Waals surface area contributed by atoms with Crippen LogP contribution >= 0.6 is 0 Å². The molecule has 0 heterocycles. The van der Waals surface area contributed by atoms with Crippen LogP contribution in [-0.4, -0.2) is 11.1 Å². The van der Waals surface area contributed by atoms with Crippen molar-refractivity contribution in [2.75, 3.05) is 0 Å². The molecule has 0 saturated carbocycles. The molecule has 2 rings (SSSR count). The lowest BCUT2D eigenvalue weighted by Gasteiger charge is -2.08. The van der Waals surface area contributed by atoms with Crippen molar-refractivity contribution >= 4 is 5.97 Å². The van der Waals surface area contributed by atoms with Gasteiger partial charge in [-0.1, -0.05) is 17.7 Å². The molecule has 1 N–H and O–H groups in total. The molecule has 4 heteroatoms. The van der Waals surface area contributed by atoms with Crippen molar-refractivity contribution in [1.82, 2.24) is 0 Å². The number of hydrogen-bond acceptors (Lipinski definition) is 1. The number of aryl methyl sites for hydroxylation is 1. The second-order valence-corrected chi connectivity index (χ2v) is 4.01. The maximum Gasteiger partial charge on any atom is 0.336 e. The highest BCUT2D eigenvalue weighted by Crippen LogP contribution is 2.26. The van der Waals surface area contributed by atoms with Crippen molar-refractivity contribution in [2.24, 2.45) is 0 Å². The number of carbonyl (C=O) groups is 1. The third kappa shape index (κ3) is 2.37. The predicted molar refractivity (Wildman–Crippen MR) is 63.5 cm³/mol. The van der Waals surface area contributed by atoms with Crippen LogP contribution in [0.1, 0.15) is 15.9 Å². The minimum atomic E-state index is -1.13. The van der Waals surface area contributed by atoms with Crippen molar-refractivity contribution in [3.05, 3.63) is 59.2 Å². The lowest BCUT2D eigenvalue weighted by molar-refractivity contribution is 0.0697. The van der Waals surface area contributed by atoms with Gasteiger partial charge in [-0.05, 0) is 36.2 Å². The van der Waals surface area contributed by atoms with Crippen LogP contribution in [0.5, 0.6) is 0 Å². The second kappa shape index (κ2) is 4.56. The van der Waals surface area contributed by atoms with Crippen LogP contribution < -0.4 is 0 Å². The number of carboxylic acids is 1. The number of aromatic carboxylic acids is 1. The summed E-state index contributed by atoms with van der Waals surface area (Å²) in [5.74, 6) is -2.60. The normalized spacial score (nSPS) is 10.4. The first-order valence-electron chi connectivity index (χ1n) is 5.28. The monoisotopic (exact) mass is 248 g/mol. The van der Waals surface area contributed by atoms with Crippen LogP contribution in [0.15, 0.2) is 36.4 Å². The smallest absolute Gasteiger partial charge is 0.336 e. The van der Waals surface area contributed by atoms with Gasteiger partial charge in [0.2, 0.25) is 0 Å². The highest BCUT2D eigenvalue weighted by atomic mass is 19.1. The topological polar surface area (TPSA) is 37.3 Å². The summed E-state index contributed by atoms with van der Waals surface area (Å²) in [6.07, 6.45) is 0. The summed E-state index contributed by atoms with van der Waals surface area (Å²) in [4.78, 5) is 11.1. The van der Waals surface area contributed by atoms with Crippen molar-refractivity contribution in [3.8, 4) is 11.1 Å². The van der Waals surface area contributed by atoms with E-state index in [0.717, 1.165) is 23.8 Å². The van der Waals surface area contributed by atoms with Crippen molar-refractivity contribution in [1.29, 1.82) is 0 Å². The lowest BCUT2D eigenvalue weighted by Crippen LogP contribution is -2.00. The molecule has 92 valence electrons. The Morgan fingerprint density at radius 3 is 2.22 bits per heavy atom. The fraction of sp³-hybridized carbons (Fsp3) is 0.0714. The lowest BCUT2D eigenvalue weighted by atomic mass is 9.97. The minimum Gasteiger partial charge on any atom is -0.478 e. The molecule has 0 fully saturated rings. The number of carboxylic acid groups (broad SMARTS) is 1. The molecule has 0 aliphatic carbocycles. The molecule has 18 heavy (non-hydrogen) atoms. The molecule has 2 aromatic rings. The highest BCUT2D eigenvalue weighted by Gasteiger charge is 2.13. The molecule has 0 unspecified atom stereocenters.